The van der Waals surface area contributed by atoms with Gasteiger partial charge in [-0.1, -0.05) is 12.1 Å². The number of nitrogens with one attached hydrogen (secondary N) is 1. The van der Waals surface area contributed by atoms with E-state index in [0.29, 0.717) is 10.1 Å². The average Bonchev–Trinajstić information content (AvgIpc) is 3.14. The first-order valence-corrected chi connectivity index (χ1v) is 8.00. The van der Waals surface area contributed by atoms with E-state index in [2.05, 4.69) is 17.2 Å². The number of carbonyl (C=O) groups excluding carboxylic acids is 1. The number of amides is 1. The quantitative estimate of drug-likeness (QED) is 0.854. The van der Waals surface area contributed by atoms with Crippen LogP contribution in [0.2, 0.25) is 0 Å². The molecule has 1 fully saturated rings. The smallest absolute Gasteiger partial charge is 0.264 e. The summed E-state index contributed by atoms with van der Waals surface area (Å²) in [5.74, 6) is 0.607. The minimum atomic E-state index is -0.137. The van der Waals surface area contributed by atoms with E-state index in [4.69, 9.17) is 4.42 Å². The predicted molar refractivity (Wildman–Crippen MR) is 94.6 cm³/mol. The lowest BCUT2D eigenvalue weighted by atomic mass is 10.1. The number of aryl methyl sites for hydroxylation is 2. The predicted octanol–water partition coefficient (Wildman–Crippen LogP) is 4.34. The van der Waals surface area contributed by atoms with Crippen LogP contribution in [0.25, 0.3) is 6.08 Å². The number of rotatable bonds is 3. The summed E-state index contributed by atoms with van der Waals surface area (Å²) in [4.78, 5) is 17.0. The topological polar surface area (TPSA) is 54.6 Å². The first kappa shape index (κ1) is 15.4. The number of carbonyl (C=O) groups is 1. The molecule has 116 valence electrons. The van der Waals surface area contributed by atoms with E-state index < -0.39 is 0 Å². The van der Waals surface area contributed by atoms with Gasteiger partial charge >= 0.3 is 0 Å². The molecular formula is C18H16N2O2S. The number of nitrogens with zero attached hydrogens (tertiary/aromatic N) is 1. The summed E-state index contributed by atoms with van der Waals surface area (Å²) >= 11 is 1.33. The lowest BCUT2D eigenvalue weighted by molar-refractivity contribution is -0.115. The van der Waals surface area contributed by atoms with Gasteiger partial charge in [-0.05, 0) is 73.2 Å². The number of hydrogen-bond donors (Lipinski definition) is 1. The van der Waals surface area contributed by atoms with Crippen LogP contribution in [0.3, 0.4) is 0 Å². The Labute approximate surface area is 139 Å². The van der Waals surface area contributed by atoms with Gasteiger partial charge in [0.1, 0.15) is 5.76 Å². The number of hydrogen-bond acceptors (Lipinski definition) is 4. The summed E-state index contributed by atoms with van der Waals surface area (Å²) in [5.41, 5.74) is 3.24. The molecule has 1 aliphatic heterocycles. The Morgan fingerprint density at radius 3 is 2.83 bits per heavy atom. The molecule has 0 aliphatic carbocycles. The maximum atomic E-state index is 11.9. The average molecular weight is 324 g/mol. The highest BCUT2D eigenvalue weighted by Gasteiger charge is 2.23. The molecule has 2 heterocycles. The first-order chi connectivity index (χ1) is 11.1. The van der Waals surface area contributed by atoms with Crippen molar-refractivity contribution in [2.75, 3.05) is 0 Å². The maximum Gasteiger partial charge on any atom is 0.264 e. The van der Waals surface area contributed by atoms with E-state index in [1.807, 2.05) is 37.3 Å². The molecule has 2 aromatic rings. The molecule has 0 spiro atoms. The molecule has 1 amide bonds. The highest BCUT2D eigenvalue weighted by Crippen LogP contribution is 2.27. The van der Waals surface area contributed by atoms with Gasteiger partial charge < -0.3 is 9.73 Å². The summed E-state index contributed by atoms with van der Waals surface area (Å²) in [6, 6.07) is 9.65. The Bertz CT molecular complexity index is 818. The Kier molecular flexibility index (Phi) is 4.48. The van der Waals surface area contributed by atoms with Crippen LogP contribution in [-0.2, 0) is 4.79 Å². The van der Waals surface area contributed by atoms with Crippen molar-refractivity contribution in [2.24, 2.45) is 4.99 Å². The van der Waals surface area contributed by atoms with Crippen molar-refractivity contribution < 1.29 is 9.21 Å². The van der Waals surface area contributed by atoms with Gasteiger partial charge in [0.05, 0.1) is 16.9 Å². The van der Waals surface area contributed by atoms with E-state index in [-0.39, 0.29) is 5.91 Å². The van der Waals surface area contributed by atoms with Crippen molar-refractivity contribution in [3.63, 3.8) is 0 Å². The van der Waals surface area contributed by atoms with Crippen molar-refractivity contribution in [3.05, 3.63) is 70.5 Å². The summed E-state index contributed by atoms with van der Waals surface area (Å²) in [5, 5.41) is 3.37. The Morgan fingerprint density at radius 1 is 1.22 bits per heavy atom. The van der Waals surface area contributed by atoms with Gasteiger partial charge in [0.2, 0.25) is 0 Å². The van der Waals surface area contributed by atoms with Gasteiger partial charge in [-0.15, -0.1) is 0 Å². The molecule has 0 atom stereocenters. The van der Waals surface area contributed by atoms with Gasteiger partial charge in [-0.25, -0.2) is 4.99 Å². The minimum Gasteiger partial charge on any atom is -0.465 e. The Balaban J connectivity index is 1.73. The van der Waals surface area contributed by atoms with Crippen LogP contribution in [0.5, 0.6) is 0 Å². The number of allylic oxidation sites excluding steroid dienone is 2. The monoisotopic (exact) mass is 324 g/mol. The standard InChI is InChI=1S/C18H16N2O2S/c1-12-8-9-14(11-13(12)2)19-18-20-17(21)16(23-18)7-3-5-15-6-4-10-22-15/h3-11H,1-2H3,(H,19,20,21)/b5-3+,16-7+. The van der Waals surface area contributed by atoms with Crippen LogP contribution in [0.4, 0.5) is 5.69 Å². The molecule has 1 aliphatic rings. The van der Waals surface area contributed by atoms with Gasteiger partial charge in [-0.2, -0.15) is 0 Å². The molecule has 4 nitrogen and oxygen atoms in total. The zero-order chi connectivity index (χ0) is 16.2. The van der Waals surface area contributed by atoms with Crippen LogP contribution in [0.1, 0.15) is 16.9 Å². The first-order valence-electron chi connectivity index (χ1n) is 7.19. The van der Waals surface area contributed by atoms with Crippen molar-refractivity contribution >= 4 is 34.6 Å². The van der Waals surface area contributed by atoms with E-state index in [0.717, 1.165) is 11.4 Å². The summed E-state index contributed by atoms with van der Waals surface area (Å²) < 4.78 is 5.20. The highest BCUT2D eigenvalue weighted by atomic mass is 32.2. The molecule has 0 saturated carbocycles. The van der Waals surface area contributed by atoms with Crippen LogP contribution in [0.15, 0.2) is 63.1 Å². The third-order valence-corrected chi connectivity index (χ3v) is 4.35. The van der Waals surface area contributed by atoms with E-state index >= 15 is 0 Å². The fourth-order valence-corrected chi connectivity index (χ4v) is 2.82. The van der Waals surface area contributed by atoms with Gasteiger partial charge in [0, 0.05) is 0 Å². The normalized spacial score (nSPS) is 18.3. The molecule has 0 bridgehead atoms. The SMILES string of the molecule is Cc1ccc(N=C2NC(=O)/C(=C\C=C\c3ccco3)S2)cc1C. The number of benzene rings is 1. The Hall–Kier alpha value is -2.53. The lowest BCUT2D eigenvalue weighted by Crippen LogP contribution is -2.19. The molecule has 0 unspecified atom stereocenters. The van der Waals surface area contributed by atoms with Crippen molar-refractivity contribution in [2.45, 2.75) is 13.8 Å². The summed E-state index contributed by atoms with van der Waals surface area (Å²) in [6.45, 7) is 4.11. The largest absolute Gasteiger partial charge is 0.465 e. The third kappa shape index (κ3) is 3.81. The highest BCUT2D eigenvalue weighted by molar-refractivity contribution is 8.18. The number of furan rings is 1. The molecule has 23 heavy (non-hydrogen) atoms. The second kappa shape index (κ2) is 6.71. The molecule has 1 aromatic carbocycles. The molecule has 1 aromatic heterocycles. The summed E-state index contributed by atoms with van der Waals surface area (Å²) in [7, 11) is 0. The number of aliphatic imine (C=N–C) groups is 1. The molecule has 0 radical (unpaired) electrons. The minimum absolute atomic E-state index is 0.137. The van der Waals surface area contributed by atoms with E-state index in [1.54, 1.807) is 24.5 Å². The van der Waals surface area contributed by atoms with Gasteiger partial charge in [0.25, 0.3) is 5.91 Å². The second-order valence-corrected chi connectivity index (χ2v) is 6.18. The number of amidine groups is 1. The molecule has 3 rings (SSSR count). The zero-order valence-electron chi connectivity index (χ0n) is 12.9. The van der Waals surface area contributed by atoms with Gasteiger partial charge in [0.15, 0.2) is 5.17 Å². The maximum absolute atomic E-state index is 11.9. The zero-order valence-corrected chi connectivity index (χ0v) is 13.7. The Morgan fingerprint density at radius 2 is 2.09 bits per heavy atom. The second-order valence-electron chi connectivity index (χ2n) is 5.15. The van der Waals surface area contributed by atoms with Crippen molar-refractivity contribution in [3.8, 4) is 0 Å². The van der Waals surface area contributed by atoms with Crippen LogP contribution in [-0.4, -0.2) is 11.1 Å². The molecule has 1 N–H and O–H groups in total. The third-order valence-electron chi connectivity index (χ3n) is 3.42. The molecular weight excluding hydrogens is 308 g/mol. The molecule has 5 heteroatoms. The van der Waals surface area contributed by atoms with E-state index in [1.165, 1.54) is 22.9 Å². The van der Waals surface area contributed by atoms with Gasteiger partial charge in [-0.3, -0.25) is 4.79 Å². The van der Waals surface area contributed by atoms with E-state index in [9.17, 15) is 4.79 Å². The fourth-order valence-electron chi connectivity index (χ4n) is 2.02. The van der Waals surface area contributed by atoms with Crippen molar-refractivity contribution in [1.82, 2.24) is 5.32 Å². The lowest BCUT2D eigenvalue weighted by Gasteiger charge is -2.01. The molecule has 1 saturated heterocycles. The van der Waals surface area contributed by atoms with Crippen LogP contribution >= 0.6 is 11.8 Å². The van der Waals surface area contributed by atoms with Crippen LogP contribution < -0.4 is 5.32 Å². The van der Waals surface area contributed by atoms with Crippen LogP contribution in [0, 0.1) is 13.8 Å². The number of thioether (sulfide) groups is 1. The summed E-state index contributed by atoms with van der Waals surface area (Å²) in [6.07, 6.45) is 6.96. The fraction of sp³-hybridized carbons (Fsp3) is 0.111. The van der Waals surface area contributed by atoms with Crippen molar-refractivity contribution in [1.29, 1.82) is 0 Å².